The molecule has 0 bridgehead atoms. The van der Waals surface area contributed by atoms with Gasteiger partial charge in [-0.3, -0.25) is 4.79 Å². The van der Waals surface area contributed by atoms with Gasteiger partial charge in [0.25, 0.3) is 0 Å². The third-order valence-corrected chi connectivity index (χ3v) is 6.94. The van der Waals surface area contributed by atoms with Gasteiger partial charge in [0.05, 0.1) is 15.9 Å². The summed E-state index contributed by atoms with van der Waals surface area (Å²) in [6, 6.07) is 11.8. The van der Waals surface area contributed by atoms with E-state index in [1.54, 1.807) is 18.2 Å². The van der Waals surface area contributed by atoms with Crippen LogP contribution in [-0.4, -0.2) is 23.7 Å². The lowest BCUT2D eigenvalue weighted by Gasteiger charge is -2.28. The van der Waals surface area contributed by atoms with Crippen LogP contribution in [0.5, 0.6) is 11.5 Å². The van der Waals surface area contributed by atoms with E-state index in [0.29, 0.717) is 20.9 Å². The maximum absolute atomic E-state index is 12.7. The van der Waals surface area contributed by atoms with E-state index in [0.717, 1.165) is 0 Å². The van der Waals surface area contributed by atoms with Crippen molar-refractivity contribution in [1.82, 2.24) is 0 Å². The quantitative estimate of drug-likeness (QED) is 0.293. The van der Waals surface area contributed by atoms with Crippen molar-refractivity contribution in [2.75, 3.05) is 0 Å². The molecule has 0 unspecified atom stereocenters. The summed E-state index contributed by atoms with van der Waals surface area (Å²) < 4.78 is 46.2. The van der Waals surface area contributed by atoms with E-state index in [9.17, 15) is 27.9 Å². The number of benzene rings is 2. The third kappa shape index (κ3) is 6.90. The largest absolute Gasteiger partial charge is 0.573 e. The average Bonchev–Trinajstić information content (AvgIpc) is 3.26. The van der Waals surface area contributed by atoms with E-state index in [-0.39, 0.29) is 40.2 Å². The zero-order valence-corrected chi connectivity index (χ0v) is 20.7. The Kier molecular flexibility index (Phi) is 8.03. The molecule has 5 nitrogen and oxygen atoms in total. The predicted octanol–water partition coefficient (Wildman–Crippen LogP) is 6.34. The number of rotatable bonds is 9. The summed E-state index contributed by atoms with van der Waals surface area (Å²) in [4.78, 5) is 25.0. The Bertz CT molecular complexity index is 1240. The molecule has 1 heterocycles. The Labute approximate surface area is 213 Å². The number of carboxylic acid groups (broad SMARTS) is 1. The first kappa shape index (κ1) is 26.8. The highest BCUT2D eigenvalue weighted by Crippen LogP contribution is 2.37. The second-order valence-electron chi connectivity index (χ2n) is 7.91. The summed E-state index contributed by atoms with van der Waals surface area (Å²) in [6.45, 7) is 2.64. The van der Waals surface area contributed by atoms with Crippen LogP contribution < -0.4 is 14.6 Å². The van der Waals surface area contributed by atoms with E-state index in [4.69, 9.17) is 27.9 Å². The monoisotopic (exact) mass is 545 g/mol. The zero-order valence-electron chi connectivity index (χ0n) is 18.4. The van der Waals surface area contributed by atoms with Crippen molar-refractivity contribution in [2.24, 2.45) is 0 Å². The molecule has 0 N–H and O–H groups in total. The number of hydrogen-bond donors (Lipinski definition) is 0. The van der Waals surface area contributed by atoms with Crippen molar-refractivity contribution in [3.8, 4) is 21.9 Å². The second-order valence-corrected chi connectivity index (χ2v) is 9.75. The first-order valence-corrected chi connectivity index (χ1v) is 11.7. The number of halogens is 5. The number of carbonyl (C=O) groups excluding carboxylic acids is 2. The van der Waals surface area contributed by atoms with Gasteiger partial charge >= 0.3 is 6.36 Å². The van der Waals surface area contributed by atoms with Crippen LogP contribution in [0.3, 0.4) is 0 Å². The van der Waals surface area contributed by atoms with Crippen molar-refractivity contribution in [1.29, 1.82) is 0 Å². The van der Waals surface area contributed by atoms with Gasteiger partial charge in [-0.25, -0.2) is 0 Å². The Morgan fingerprint density at radius 3 is 2.20 bits per heavy atom. The SMILES string of the molecule is CC(C)(Oc1ccc(CCC(=O)c2ccc(-c3ccc(OC(F)(F)F)cc3)s2)c(Cl)c1Cl)C(=O)[O-]. The van der Waals surface area contributed by atoms with Gasteiger partial charge < -0.3 is 19.4 Å². The summed E-state index contributed by atoms with van der Waals surface area (Å²) in [5.41, 5.74) is -0.387. The minimum atomic E-state index is -4.77. The molecule has 0 radical (unpaired) electrons. The van der Waals surface area contributed by atoms with Gasteiger partial charge in [-0.1, -0.05) is 29.3 Å². The molecule has 0 aliphatic heterocycles. The molecule has 0 fully saturated rings. The van der Waals surface area contributed by atoms with Crippen LogP contribution in [0, 0.1) is 0 Å². The molecule has 186 valence electrons. The number of carboxylic acids is 1. The molecule has 0 spiro atoms. The third-order valence-electron chi connectivity index (χ3n) is 4.86. The lowest BCUT2D eigenvalue weighted by atomic mass is 10.1. The fourth-order valence-electron chi connectivity index (χ4n) is 3.00. The lowest BCUT2D eigenvalue weighted by molar-refractivity contribution is -0.320. The molecule has 11 heteroatoms. The van der Waals surface area contributed by atoms with Gasteiger partial charge in [-0.2, -0.15) is 0 Å². The molecule has 0 atom stereocenters. The molecule has 35 heavy (non-hydrogen) atoms. The van der Waals surface area contributed by atoms with Crippen LogP contribution in [0.1, 0.15) is 35.5 Å². The molecule has 0 aliphatic rings. The molecule has 3 aromatic rings. The predicted molar refractivity (Wildman–Crippen MR) is 125 cm³/mol. The van der Waals surface area contributed by atoms with Crippen molar-refractivity contribution in [2.45, 2.75) is 38.7 Å². The van der Waals surface area contributed by atoms with E-state index in [1.165, 1.54) is 55.5 Å². The molecule has 2 aromatic carbocycles. The molecule has 0 aliphatic carbocycles. The average molecular weight is 546 g/mol. The van der Waals surface area contributed by atoms with Crippen molar-refractivity contribution >= 4 is 46.3 Å². The highest BCUT2D eigenvalue weighted by atomic mass is 35.5. The van der Waals surface area contributed by atoms with Gasteiger partial charge in [-0.05, 0) is 73.9 Å². The first-order chi connectivity index (χ1) is 16.3. The van der Waals surface area contributed by atoms with Crippen molar-refractivity contribution in [3.63, 3.8) is 0 Å². The summed E-state index contributed by atoms with van der Waals surface area (Å²) in [6.07, 6.45) is -4.37. The molecule has 0 amide bonds. The van der Waals surface area contributed by atoms with Crippen LogP contribution in [0.4, 0.5) is 13.2 Å². The van der Waals surface area contributed by atoms with Crippen LogP contribution in [0.25, 0.3) is 10.4 Å². The number of ketones is 1. The number of hydrogen-bond acceptors (Lipinski definition) is 6. The number of thiophene rings is 1. The molecular weight excluding hydrogens is 528 g/mol. The van der Waals surface area contributed by atoms with Crippen molar-refractivity contribution < 1.29 is 37.3 Å². The highest BCUT2D eigenvalue weighted by molar-refractivity contribution is 7.17. The fourth-order valence-corrected chi connectivity index (χ4v) is 4.45. The normalized spacial score (nSPS) is 11.9. The topological polar surface area (TPSA) is 75.7 Å². The van der Waals surface area contributed by atoms with E-state index in [1.807, 2.05) is 0 Å². The smallest absolute Gasteiger partial charge is 0.546 e. The maximum atomic E-state index is 12.7. The number of alkyl halides is 3. The van der Waals surface area contributed by atoms with E-state index >= 15 is 0 Å². The van der Waals surface area contributed by atoms with Crippen LogP contribution in [-0.2, 0) is 11.2 Å². The summed E-state index contributed by atoms with van der Waals surface area (Å²) in [7, 11) is 0. The Morgan fingerprint density at radius 1 is 0.943 bits per heavy atom. The van der Waals surface area contributed by atoms with E-state index in [2.05, 4.69) is 4.74 Å². The number of aryl methyl sites for hydroxylation is 1. The van der Waals surface area contributed by atoms with Crippen LogP contribution in [0.2, 0.25) is 10.0 Å². The molecule has 3 rings (SSSR count). The van der Waals surface area contributed by atoms with Gasteiger partial charge in [0.2, 0.25) is 0 Å². The minimum absolute atomic E-state index is 0.0299. The standard InChI is InChI=1S/C24H19Cl2F3O5S/c1-23(2,22(31)32)34-17-10-6-14(20(25)21(17)26)5-9-16(30)19-12-11-18(35-19)13-3-7-15(8-4-13)33-24(27,28)29/h3-4,6-8,10-12H,5,9H2,1-2H3,(H,31,32)/p-1. The van der Waals surface area contributed by atoms with Crippen LogP contribution in [0.15, 0.2) is 48.5 Å². The number of carbonyl (C=O) groups is 2. The zero-order chi connectivity index (χ0) is 26.0. The molecule has 0 saturated heterocycles. The molecule has 0 saturated carbocycles. The molecular formula is C24H18Cl2F3O5S-. The van der Waals surface area contributed by atoms with Crippen LogP contribution >= 0.6 is 34.5 Å². The Morgan fingerprint density at radius 2 is 1.60 bits per heavy atom. The first-order valence-electron chi connectivity index (χ1n) is 10.1. The number of ether oxygens (including phenoxy) is 2. The van der Waals surface area contributed by atoms with Gasteiger partial charge in [-0.15, -0.1) is 24.5 Å². The minimum Gasteiger partial charge on any atom is -0.546 e. The molecule has 1 aromatic heterocycles. The van der Waals surface area contributed by atoms with Gasteiger partial charge in [0, 0.05) is 11.3 Å². The highest BCUT2D eigenvalue weighted by Gasteiger charge is 2.31. The Hall–Kier alpha value is -2.75. The van der Waals surface area contributed by atoms with Gasteiger partial charge in [0.15, 0.2) is 5.78 Å². The van der Waals surface area contributed by atoms with E-state index < -0.39 is 17.9 Å². The summed E-state index contributed by atoms with van der Waals surface area (Å²) >= 11 is 13.8. The summed E-state index contributed by atoms with van der Waals surface area (Å²) in [5.74, 6) is -1.82. The summed E-state index contributed by atoms with van der Waals surface area (Å²) in [5, 5.41) is 11.3. The number of aliphatic carboxylic acids is 1. The Balaban J connectivity index is 1.65. The lowest BCUT2D eigenvalue weighted by Crippen LogP contribution is -2.48. The number of Topliss-reactive ketones (excluding diaryl/α,β-unsaturated/α-hetero) is 1. The fraction of sp³-hybridized carbons (Fsp3) is 0.250. The van der Waals surface area contributed by atoms with Gasteiger partial charge in [0.1, 0.15) is 22.1 Å². The maximum Gasteiger partial charge on any atom is 0.573 e. The second kappa shape index (κ2) is 10.5. The van der Waals surface area contributed by atoms with Crippen molar-refractivity contribution in [3.05, 3.63) is 69.0 Å².